The number of hydrogen-bond acceptors (Lipinski definition) is 8. The van der Waals surface area contributed by atoms with Crippen LogP contribution in [0.4, 0.5) is 20.5 Å². The van der Waals surface area contributed by atoms with Gasteiger partial charge in [0.05, 0.1) is 28.9 Å². The Morgan fingerprint density at radius 2 is 1.89 bits per heavy atom. The van der Waals surface area contributed by atoms with Crippen LogP contribution >= 0.6 is 11.6 Å². The minimum absolute atomic E-state index is 0.0285. The maximum absolute atomic E-state index is 13.1. The van der Waals surface area contributed by atoms with E-state index in [9.17, 15) is 22.0 Å². The van der Waals surface area contributed by atoms with Crippen LogP contribution < -0.4 is 16.0 Å². The highest BCUT2D eigenvalue weighted by molar-refractivity contribution is 7.91. The number of hydrogen-bond donors (Lipinski definition) is 2. The van der Waals surface area contributed by atoms with Crippen LogP contribution in [-0.2, 0) is 21.2 Å². The van der Waals surface area contributed by atoms with E-state index in [-0.39, 0.29) is 41.9 Å². The Bertz CT molecular complexity index is 1390. The smallest absolute Gasteiger partial charge is 0.315 e. The lowest BCUT2D eigenvalue weighted by Gasteiger charge is -2.34. The molecule has 1 fully saturated rings. The number of alkyl halides is 2. The number of aromatic nitrogens is 2. The number of fused-ring (bicyclic) bond motifs is 1. The molecule has 3 N–H and O–H groups in total. The molecule has 9 nitrogen and oxygen atoms in total. The number of sulfone groups is 1. The molecule has 2 heterocycles. The van der Waals surface area contributed by atoms with Crippen LogP contribution in [0.3, 0.4) is 0 Å². The molecule has 13 heteroatoms. The van der Waals surface area contributed by atoms with E-state index in [2.05, 4.69) is 15.5 Å². The highest BCUT2D eigenvalue weighted by Crippen LogP contribution is 2.39. The Balaban J connectivity index is 1.50. The van der Waals surface area contributed by atoms with Gasteiger partial charge in [-0.05, 0) is 35.9 Å². The van der Waals surface area contributed by atoms with E-state index in [0.29, 0.717) is 16.1 Å². The zero-order valence-corrected chi connectivity index (χ0v) is 19.7. The number of nitrogens with two attached hydrogens (primary N) is 1. The highest BCUT2D eigenvalue weighted by Gasteiger charge is 2.46. The number of halogens is 3. The van der Waals surface area contributed by atoms with E-state index in [1.54, 1.807) is 24.3 Å². The molecule has 0 unspecified atom stereocenters. The molecule has 0 spiro atoms. The number of nitrogens with one attached hydrogen (secondary N) is 1. The molecule has 1 saturated carbocycles. The fourth-order valence-corrected chi connectivity index (χ4v) is 5.80. The van der Waals surface area contributed by atoms with Crippen LogP contribution in [0.1, 0.15) is 18.4 Å². The zero-order valence-electron chi connectivity index (χ0n) is 18.1. The molecule has 1 atom stereocenters. The normalized spacial score (nSPS) is 21.2. The van der Waals surface area contributed by atoms with Crippen molar-refractivity contribution >= 4 is 39.0 Å². The molecule has 35 heavy (non-hydrogen) atoms. The van der Waals surface area contributed by atoms with Crippen molar-refractivity contribution in [1.82, 2.24) is 10.2 Å². The van der Waals surface area contributed by atoms with Gasteiger partial charge in [0.25, 0.3) is 5.92 Å². The number of carbonyl (C=O) groups is 1. The van der Waals surface area contributed by atoms with Crippen LogP contribution in [-0.4, -0.2) is 48.3 Å². The lowest BCUT2D eigenvalue weighted by molar-refractivity contribution is -0.119. The summed E-state index contributed by atoms with van der Waals surface area (Å²) < 4.78 is 57.7. The molecule has 1 aliphatic heterocycles. The van der Waals surface area contributed by atoms with Crippen molar-refractivity contribution in [3.05, 3.63) is 53.1 Å². The van der Waals surface area contributed by atoms with E-state index in [1.807, 2.05) is 0 Å². The molecule has 0 radical (unpaired) electrons. The van der Waals surface area contributed by atoms with E-state index in [0.717, 1.165) is 0 Å². The van der Waals surface area contributed by atoms with Gasteiger partial charge in [0.15, 0.2) is 9.84 Å². The van der Waals surface area contributed by atoms with Crippen LogP contribution in [0.25, 0.3) is 11.5 Å². The van der Waals surface area contributed by atoms with Crippen LogP contribution in [0.5, 0.6) is 0 Å². The van der Waals surface area contributed by atoms with E-state index < -0.39 is 39.5 Å². The maximum atomic E-state index is 13.1. The molecule has 1 amide bonds. The van der Waals surface area contributed by atoms with Gasteiger partial charge in [0.2, 0.25) is 11.8 Å². The summed E-state index contributed by atoms with van der Waals surface area (Å²) >= 11 is 5.95. The molecular formula is C22H20ClF2N5O4S. The third-order valence-electron chi connectivity index (χ3n) is 5.91. The second kappa shape index (κ2) is 8.54. The minimum atomic E-state index is -3.87. The van der Waals surface area contributed by atoms with Gasteiger partial charge in [-0.2, -0.15) is 0 Å². The van der Waals surface area contributed by atoms with Crippen LogP contribution in [0, 0.1) is 0 Å². The Morgan fingerprint density at radius 3 is 2.57 bits per heavy atom. The second-order valence-electron chi connectivity index (χ2n) is 8.64. The molecule has 0 saturated heterocycles. The van der Waals surface area contributed by atoms with Gasteiger partial charge in [0, 0.05) is 29.5 Å². The van der Waals surface area contributed by atoms with Gasteiger partial charge >= 0.3 is 6.01 Å². The summed E-state index contributed by atoms with van der Waals surface area (Å²) in [5, 5.41) is 11.1. The highest BCUT2D eigenvalue weighted by atomic mass is 35.5. The SMILES string of the molecule is N[C@H]1CS(=O)(=O)c2ccc(-c3nnc(NC4CC(F)(F)C4)o3)cc2N(Cc2ccc(Cl)cc2)C1=O. The Hall–Kier alpha value is -3.09. The summed E-state index contributed by atoms with van der Waals surface area (Å²) in [5.41, 5.74) is 7.14. The topological polar surface area (TPSA) is 131 Å². The number of nitrogens with zero attached hydrogens (tertiary/aromatic N) is 3. The Labute approximate surface area is 204 Å². The Kier molecular flexibility index (Phi) is 5.77. The summed E-state index contributed by atoms with van der Waals surface area (Å²) in [5.74, 6) is -3.76. The molecule has 3 aromatic rings. The maximum Gasteiger partial charge on any atom is 0.315 e. The summed E-state index contributed by atoms with van der Waals surface area (Å²) in [4.78, 5) is 14.4. The summed E-state index contributed by atoms with van der Waals surface area (Å²) in [6, 6.07) is 9.33. The van der Waals surface area contributed by atoms with Gasteiger partial charge in [-0.1, -0.05) is 28.8 Å². The lowest BCUT2D eigenvalue weighted by Crippen LogP contribution is -2.45. The van der Waals surface area contributed by atoms with Crippen molar-refractivity contribution in [3.8, 4) is 11.5 Å². The molecule has 5 rings (SSSR count). The number of carbonyl (C=O) groups excluding carboxylic acids is 1. The molecule has 0 bridgehead atoms. The van der Waals surface area contributed by atoms with E-state index >= 15 is 0 Å². The zero-order chi connectivity index (χ0) is 25.0. The monoisotopic (exact) mass is 523 g/mol. The van der Waals surface area contributed by atoms with Crippen molar-refractivity contribution in [2.24, 2.45) is 5.73 Å². The molecule has 2 aromatic carbocycles. The molecule has 184 valence electrons. The van der Waals surface area contributed by atoms with Gasteiger partial charge in [-0.25, -0.2) is 17.2 Å². The minimum Gasteiger partial charge on any atom is -0.403 e. The average molecular weight is 524 g/mol. The van der Waals surface area contributed by atoms with Crippen molar-refractivity contribution in [3.63, 3.8) is 0 Å². The van der Waals surface area contributed by atoms with Crippen molar-refractivity contribution in [2.75, 3.05) is 16.0 Å². The third kappa shape index (κ3) is 4.73. The number of rotatable bonds is 5. The standard InChI is InChI=1S/C22H20ClF2N5O4S/c23-14-4-1-12(2-5-14)10-30-17-7-13(3-6-18(17)35(32,33)11-16(26)20(30)31)19-28-29-21(34-19)27-15-8-22(24,25)9-15/h1-7,15-16H,8-11,26H2,(H,27,29)/t16-/m0/s1. The van der Waals surface area contributed by atoms with E-state index in [1.165, 1.54) is 23.1 Å². The predicted octanol–water partition coefficient (Wildman–Crippen LogP) is 3.25. The molecule has 1 aliphatic carbocycles. The lowest BCUT2D eigenvalue weighted by atomic mass is 9.88. The number of anilines is 2. The Morgan fingerprint density at radius 1 is 1.17 bits per heavy atom. The third-order valence-corrected chi connectivity index (χ3v) is 7.98. The molecule has 2 aliphatic rings. The first-order chi connectivity index (χ1) is 16.5. The average Bonchev–Trinajstić information content (AvgIpc) is 3.22. The van der Waals surface area contributed by atoms with Gasteiger partial charge < -0.3 is 20.4 Å². The fraction of sp³-hybridized carbons (Fsp3) is 0.318. The van der Waals surface area contributed by atoms with Gasteiger partial charge in [-0.15, -0.1) is 5.10 Å². The first-order valence-corrected chi connectivity index (χ1v) is 12.7. The number of amides is 1. The second-order valence-corrected chi connectivity index (χ2v) is 11.1. The summed E-state index contributed by atoms with van der Waals surface area (Å²) in [6.45, 7) is 0.0577. The van der Waals surface area contributed by atoms with Crippen LogP contribution in [0.2, 0.25) is 5.02 Å². The molecule has 1 aromatic heterocycles. The van der Waals surface area contributed by atoms with Crippen LogP contribution in [0.15, 0.2) is 51.8 Å². The quantitative estimate of drug-likeness (QED) is 0.521. The summed E-state index contributed by atoms with van der Waals surface area (Å²) in [6.07, 6.45) is -0.660. The van der Waals surface area contributed by atoms with Gasteiger partial charge in [-0.3, -0.25) is 4.79 Å². The largest absolute Gasteiger partial charge is 0.403 e. The predicted molar refractivity (Wildman–Crippen MR) is 124 cm³/mol. The van der Waals surface area contributed by atoms with Crippen molar-refractivity contribution in [2.45, 2.75) is 42.3 Å². The first kappa shape index (κ1) is 23.6. The van der Waals surface area contributed by atoms with E-state index in [4.69, 9.17) is 21.8 Å². The first-order valence-electron chi connectivity index (χ1n) is 10.7. The fourth-order valence-electron chi connectivity index (χ4n) is 4.11. The van der Waals surface area contributed by atoms with Gasteiger partial charge in [0.1, 0.15) is 0 Å². The summed E-state index contributed by atoms with van der Waals surface area (Å²) in [7, 11) is -3.87. The van der Waals surface area contributed by atoms with Crippen molar-refractivity contribution in [1.29, 1.82) is 0 Å². The van der Waals surface area contributed by atoms with Crippen molar-refractivity contribution < 1.29 is 26.4 Å². The molecular weight excluding hydrogens is 504 g/mol. The number of benzene rings is 2.